The Labute approximate surface area is 170 Å². The van der Waals surface area contributed by atoms with Crippen LogP contribution in [0.3, 0.4) is 0 Å². The van der Waals surface area contributed by atoms with E-state index in [0.29, 0.717) is 0 Å². The summed E-state index contributed by atoms with van der Waals surface area (Å²) in [6.45, 7) is 3.84. The van der Waals surface area contributed by atoms with Crippen molar-refractivity contribution in [2.24, 2.45) is 5.92 Å². The minimum atomic E-state index is -0.602. The first-order valence-electron chi connectivity index (χ1n) is 10.2. The van der Waals surface area contributed by atoms with Gasteiger partial charge in [0, 0.05) is 17.5 Å². The van der Waals surface area contributed by atoms with Crippen LogP contribution in [0.4, 0.5) is 5.69 Å². The van der Waals surface area contributed by atoms with Crippen LogP contribution in [-0.2, 0) is 16.0 Å². The number of aryl methyl sites for hydroxylation is 1. The van der Waals surface area contributed by atoms with E-state index >= 15 is 0 Å². The van der Waals surface area contributed by atoms with E-state index in [0.717, 1.165) is 41.8 Å². The largest absolute Gasteiger partial charge is 0.344 e. The highest BCUT2D eigenvalue weighted by atomic mass is 16.2. The Kier molecular flexibility index (Phi) is 5.34. The number of carbonyl (C=O) groups is 2. The molecule has 1 aliphatic carbocycles. The van der Waals surface area contributed by atoms with Gasteiger partial charge in [0.25, 0.3) is 0 Å². The fraction of sp³-hybridized carbons (Fsp3) is 0.348. The minimum absolute atomic E-state index is 0.0868. The van der Waals surface area contributed by atoms with Crippen molar-refractivity contribution >= 4 is 28.5 Å². The van der Waals surface area contributed by atoms with Crippen molar-refractivity contribution < 1.29 is 9.59 Å². The molecule has 1 aromatic heterocycles. The first kappa shape index (κ1) is 19.2. The molecule has 1 fully saturated rings. The number of nitrogens with zero attached hydrogens (tertiary/aromatic N) is 1. The number of rotatable bonds is 7. The molecule has 1 aliphatic rings. The van der Waals surface area contributed by atoms with Crippen molar-refractivity contribution in [1.82, 2.24) is 15.3 Å². The van der Waals surface area contributed by atoms with Gasteiger partial charge in [0.2, 0.25) is 11.8 Å². The monoisotopic (exact) mass is 390 g/mol. The van der Waals surface area contributed by atoms with Crippen LogP contribution in [0.1, 0.15) is 44.0 Å². The average Bonchev–Trinajstić information content (AvgIpc) is 3.41. The predicted molar refractivity (Wildman–Crippen MR) is 114 cm³/mol. The second kappa shape index (κ2) is 8.07. The van der Waals surface area contributed by atoms with Crippen molar-refractivity contribution in [3.8, 4) is 0 Å². The first-order chi connectivity index (χ1) is 14.0. The van der Waals surface area contributed by atoms with Gasteiger partial charge < -0.3 is 15.6 Å². The smallest absolute Gasteiger partial charge is 0.246 e. The standard InChI is InChI=1S/C23H26N4O2/c1-3-6-15-9-11-16(12-10-15)25-22(28)14(2)24-23(29)18-13-17(18)21-26-19-7-4-5-8-20(19)27-21/h4-5,7-12,14,17-18H,3,6,13H2,1-2H3,(H,24,29)(H,25,28)(H,26,27)/t14-,17-,18-/m1/s1. The molecule has 150 valence electrons. The summed E-state index contributed by atoms with van der Waals surface area (Å²) in [7, 11) is 0. The van der Waals surface area contributed by atoms with Gasteiger partial charge in [-0.15, -0.1) is 0 Å². The lowest BCUT2D eigenvalue weighted by atomic mass is 10.1. The van der Waals surface area contributed by atoms with Crippen LogP contribution in [0.15, 0.2) is 48.5 Å². The molecule has 0 aliphatic heterocycles. The second-order valence-corrected chi connectivity index (χ2v) is 7.75. The molecule has 0 spiro atoms. The van der Waals surface area contributed by atoms with Gasteiger partial charge in [0.05, 0.1) is 11.0 Å². The predicted octanol–water partition coefficient (Wildman–Crippen LogP) is 3.76. The number of nitrogens with one attached hydrogen (secondary N) is 3. The van der Waals surface area contributed by atoms with E-state index in [1.807, 2.05) is 48.5 Å². The maximum Gasteiger partial charge on any atom is 0.246 e. The molecule has 6 nitrogen and oxygen atoms in total. The number of hydrogen-bond donors (Lipinski definition) is 3. The SMILES string of the molecule is CCCc1ccc(NC(=O)[C@@H](C)NC(=O)[C@@H]2C[C@H]2c2nc3ccccc3[nH]2)cc1. The normalized spacial score (nSPS) is 19.0. The number of fused-ring (bicyclic) bond motifs is 1. The topological polar surface area (TPSA) is 86.9 Å². The van der Waals surface area contributed by atoms with Crippen LogP contribution < -0.4 is 10.6 Å². The second-order valence-electron chi connectivity index (χ2n) is 7.75. The Morgan fingerprint density at radius 1 is 1.17 bits per heavy atom. The fourth-order valence-corrected chi connectivity index (χ4v) is 3.62. The molecule has 3 atom stereocenters. The Morgan fingerprint density at radius 3 is 2.66 bits per heavy atom. The summed E-state index contributed by atoms with van der Waals surface area (Å²) in [6, 6.07) is 15.1. The van der Waals surface area contributed by atoms with Crippen LogP contribution in [-0.4, -0.2) is 27.8 Å². The van der Waals surface area contributed by atoms with E-state index in [-0.39, 0.29) is 23.7 Å². The Balaban J connectivity index is 1.30. The quantitative estimate of drug-likeness (QED) is 0.574. The highest BCUT2D eigenvalue weighted by Crippen LogP contribution is 2.46. The molecular formula is C23H26N4O2. The third kappa shape index (κ3) is 4.31. The van der Waals surface area contributed by atoms with E-state index in [2.05, 4.69) is 27.5 Å². The molecule has 0 radical (unpaired) electrons. The number of H-pyrrole nitrogens is 1. The Hall–Kier alpha value is -3.15. The fourth-order valence-electron chi connectivity index (χ4n) is 3.62. The van der Waals surface area contributed by atoms with Gasteiger partial charge in [-0.05, 0) is 49.6 Å². The molecule has 2 amide bonds. The Morgan fingerprint density at radius 2 is 1.93 bits per heavy atom. The number of carbonyl (C=O) groups excluding carboxylic acids is 2. The van der Waals surface area contributed by atoms with E-state index < -0.39 is 6.04 Å². The number of aromatic amines is 1. The molecule has 1 heterocycles. The van der Waals surface area contributed by atoms with Crippen molar-refractivity contribution in [1.29, 1.82) is 0 Å². The van der Waals surface area contributed by atoms with E-state index in [4.69, 9.17) is 0 Å². The molecule has 6 heteroatoms. The van der Waals surface area contributed by atoms with Gasteiger partial charge in [-0.3, -0.25) is 9.59 Å². The third-order valence-electron chi connectivity index (χ3n) is 5.40. The van der Waals surface area contributed by atoms with Gasteiger partial charge in [-0.25, -0.2) is 4.98 Å². The van der Waals surface area contributed by atoms with Crippen LogP contribution in [0.25, 0.3) is 11.0 Å². The molecule has 3 N–H and O–H groups in total. The number of anilines is 1. The highest BCUT2D eigenvalue weighted by Gasteiger charge is 2.46. The summed E-state index contributed by atoms with van der Waals surface area (Å²) < 4.78 is 0. The van der Waals surface area contributed by atoms with E-state index in [1.165, 1.54) is 5.56 Å². The molecule has 2 aromatic carbocycles. The lowest BCUT2D eigenvalue weighted by molar-refractivity contribution is -0.127. The summed E-state index contributed by atoms with van der Waals surface area (Å²) in [4.78, 5) is 32.9. The first-order valence-corrected chi connectivity index (χ1v) is 10.2. The molecule has 4 rings (SSSR count). The van der Waals surface area contributed by atoms with E-state index in [1.54, 1.807) is 6.92 Å². The van der Waals surface area contributed by atoms with Crippen LogP contribution in [0, 0.1) is 5.92 Å². The van der Waals surface area contributed by atoms with Crippen molar-refractivity contribution in [3.63, 3.8) is 0 Å². The van der Waals surface area contributed by atoms with E-state index in [9.17, 15) is 9.59 Å². The van der Waals surface area contributed by atoms with Crippen LogP contribution in [0.5, 0.6) is 0 Å². The summed E-state index contributed by atoms with van der Waals surface area (Å²) >= 11 is 0. The zero-order valence-corrected chi connectivity index (χ0v) is 16.7. The molecule has 1 saturated carbocycles. The number of para-hydroxylation sites is 2. The van der Waals surface area contributed by atoms with Gasteiger partial charge in [0.15, 0.2) is 0 Å². The number of benzene rings is 2. The van der Waals surface area contributed by atoms with Gasteiger partial charge in [0.1, 0.15) is 11.9 Å². The van der Waals surface area contributed by atoms with Crippen molar-refractivity contribution in [3.05, 3.63) is 59.9 Å². The third-order valence-corrected chi connectivity index (χ3v) is 5.40. The van der Waals surface area contributed by atoms with Gasteiger partial charge >= 0.3 is 0 Å². The molecule has 0 saturated heterocycles. The highest BCUT2D eigenvalue weighted by molar-refractivity contribution is 5.97. The summed E-state index contributed by atoms with van der Waals surface area (Å²) in [5.41, 5.74) is 3.87. The molecular weight excluding hydrogens is 364 g/mol. The number of aromatic nitrogens is 2. The summed E-state index contributed by atoms with van der Waals surface area (Å²) in [5, 5.41) is 5.70. The summed E-state index contributed by atoms with van der Waals surface area (Å²) in [6.07, 6.45) is 2.86. The van der Waals surface area contributed by atoms with Crippen LogP contribution >= 0.6 is 0 Å². The zero-order valence-electron chi connectivity index (χ0n) is 16.7. The van der Waals surface area contributed by atoms with Crippen molar-refractivity contribution in [2.45, 2.75) is 45.1 Å². The summed E-state index contributed by atoms with van der Waals surface area (Å²) in [5.74, 6) is 0.470. The molecule has 29 heavy (non-hydrogen) atoms. The molecule has 0 bridgehead atoms. The number of imidazole rings is 1. The average molecular weight is 390 g/mol. The Bertz CT molecular complexity index is 992. The maximum absolute atomic E-state index is 12.6. The van der Waals surface area contributed by atoms with Gasteiger partial charge in [-0.1, -0.05) is 37.6 Å². The maximum atomic E-state index is 12.6. The van der Waals surface area contributed by atoms with Crippen LogP contribution in [0.2, 0.25) is 0 Å². The molecule has 3 aromatic rings. The lowest BCUT2D eigenvalue weighted by Crippen LogP contribution is -2.42. The van der Waals surface area contributed by atoms with Crippen molar-refractivity contribution in [2.75, 3.05) is 5.32 Å². The lowest BCUT2D eigenvalue weighted by Gasteiger charge is -2.14. The van der Waals surface area contributed by atoms with Gasteiger partial charge in [-0.2, -0.15) is 0 Å². The number of hydrogen-bond acceptors (Lipinski definition) is 3. The zero-order chi connectivity index (χ0) is 20.4. The molecule has 0 unspecified atom stereocenters. The minimum Gasteiger partial charge on any atom is -0.344 e. The number of amides is 2.